The number of thioether (sulfide) groups is 1. The molecule has 2 aromatic rings. The van der Waals surface area contributed by atoms with Gasteiger partial charge in [0.25, 0.3) is 5.91 Å². The number of carbonyl (C=O) groups is 1. The Bertz CT molecular complexity index is 1220. The van der Waals surface area contributed by atoms with Gasteiger partial charge in [0.15, 0.2) is 5.84 Å². The Hall–Kier alpha value is -2.64. The molecule has 3 heterocycles. The molecule has 0 aliphatic carbocycles. The Labute approximate surface area is 203 Å². The number of halogens is 1. The van der Waals surface area contributed by atoms with Crippen LogP contribution in [0.2, 0.25) is 5.02 Å². The Morgan fingerprint density at radius 1 is 1.15 bits per heavy atom. The maximum atomic E-state index is 12.8. The number of fused-ring (bicyclic) bond motifs is 1. The SMILES string of the molecule is CCCCCCC1=NN2C(=N)C(=Cc3cc(C)n(-c4cc(Cl)ccc4C)c3C)C(=O)N=C2S1. The number of carbonyl (C=O) groups excluding carboxylic acids is 1. The molecule has 0 radical (unpaired) electrons. The second-order valence-electron chi connectivity index (χ2n) is 8.42. The molecular weight excluding hydrogens is 454 g/mol. The predicted molar refractivity (Wildman–Crippen MR) is 139 cm³/mol. The van der Waals surface area contributed by atoms with Crippen molar-refractivity contribution in [2.24, 2.45) is 10.1 Å². The maximum Gasteiger partial charge on any atom is 0.283 e. The van der Waals surface area contributed by atoms with Gasteiger partial charge in [0.1, 0.15) is 5.04 Å². The Kier molecular flexibility index (Phi) is 6.91. The van der Waals surface area contributed by atoms with Gasteiger partial charge in [0.2, 0.25) is 5.17 Å². The van der Waals surface area contributed by atoms with Gasteiger partial charge in [-0.25, -0.2) is 0 Å². The first-order valence-electron chi connectivity index (χ1n) is 11.2. The van der Waals surface area contributed by atoms with Crippen LogP contribution in [0.3, 0.4) is 0 Å². The first-order chi connectivity index (χ1) is 15.8. The van der Waals surface area contributed by atoms with E-state index in [1.54, 1.807) is 6.08 Å². The standard InChI is InChI=1S/C25H28ClN5OS/c1-5-6-7-8-9-22-29-31-23(27)20(24(32)28-25(31)33-22)13-18-12-16(3)30(17(18)4)21-14-19(26)11-10-15(21)2/h10-14,27H,5-9H2,1-4H3. The number of amides is 1. The van der Waals surface area contributed by atoms with E-state index in [1.165, 1.54) is 29.6 Å². The molecule has 4 rings (SSSR count). The highest BCUT2D eigenvalue weighted by molar-refractivity contribution is 8.26. The Morgan fingerprint density at radius 2 is 1.94 bits per heavy atom. The topological polar surface area (TPSA) is 73.8 Å². The van der Waals surface area contributed by atoms with Crippen LogP contribution in [-0.4, -0.2) is 31.5 Å². The van der Waals surface area contributed by atoms with Gasteiger partial charge in [0, 0.05) is 22.1 Å². The van der Waals surface area contributed by atoms with Gasteiger partial charge in [-0.15, -0.1) is 0 Å². The molecule has 2 aliphatic heterocycles. The summed E-state index contributed by atoms with van der Waals surface area (Å²) in [6.45, 7) is 8.25. The highest BCUT2D eigenvalue weighted by Crippen LogP contribution is 2.32. The number of unbranched alkanes of at least 4 members (excludes halogenated alkanes) is 3. The number of nitrogens with zero attached hydrogens (tertiary/aromatic N) is 4. The third kappa shape index (κ3) is 4.70. The van der Waals surface area contributed by atoms with Gasteiger partial charge in [0.05, 0.1) is 5.57 Å². The van der Waals surface area contributed by atoms with Crippen molar-refractivity contribution in [2.45, 2.75) is 59.8 Å². The number of nitrogens with one attached hydrogen (secondary N) is 1. The summed E-state index contributed by atoms with van der Waals surface area (Å²) in [5.41, 5.74) is 5.21. The molecule has 1 aromatic heterocycles. The summed E-state index contributed by atoms with van der Waals surface area (Å²) in [6, 6.07) is 7.83. The van der Waals surface area contributed by atoms with Crippen LogP contribution in [0.1, 0.15) is 61.5 Å². The lowest BCUT2D eigenvalue weighted by Gasteiger charge is -2.20. The van der Waals surface area contributed by atoms with Gasteiger partial charge < -0.3 is 4.57 Å². The third-order valence-electron chi connectivity index (χ3n) is 5.92. The number of rotatable bonds is 7. The minimum Gasteiger partial charge on any atom is -0.318 e. The molecule has 0 spiro atoms. The Morgan fingerprint density at radius 3 is 2.70 bits per heavy atom. The molecule has 6 nitrogen and oxygen atoms in total. The molecule has 1 amide bonds. The van der Waals surface area contributed by atoms with Crippen LogP contribution in [0.4, 0.5) is 0 Å². The number of hydrogen-bond acceptors (Lipinski definition) is 4. The van der Waals surface area contributed by atoms with Crippen molar-refractivity contribution in [1.29, 1.82) is 5.41 Å². The molecule has 0 fully saturated rings. The summed E-state index contributed by atoms with van der Waals surface area (Å²) in [7, 11) is 0. The molecule has 33 heavy (non-hydrogen) atoms. The molecule has 2 aliphatic rings. The first-order valence-corrected chi connectivity index (χ1v) is 12.4. The van der Waals surface area contributed by atoms with E-state index in [-0.39, 0.29) is 11.4 Å². The average molecular weight is 482 g/mol. The Balaban J connectivity index is 1.63. The normalized spacial score (nSPS) is 17.0. The van der Waals surface area contributed by atoms with Crippen LogP contribution in [0.15, 0.2) is 39.9 Å². The van der Waals surface area contributed by atoms with Gasteiger partial charge in [-0.05, 0) is 80.8 Å². The van der Waals surface area contributed by atoms with Crippen molar-refractivity contribution in [2.75, 3.05) is 0 Å². The molecule has 0 unspecified atom stereocenters. The molecule has 0 bridgehead atoms. The van der Waals surface area contributed by atoms with E-state index in [1.807, 2.05) is 45.0 Å². The summed E-state index contributed by atoms with van der Waals surface area (Å²) in [6.07, 6.45) is 7.20. The van der Waals surface area contributed by atoms with E-state index in [0.29, 0.717) is 10.2 Å². The zero-order valence-electron chi connectivity index (χ0n) is 19.4. The van der Waals surface area contributed by atoms with Crippen molar-refractivity contribution in [1.82, 2.24) is 9.58 Å². The summed E-state index contributed by atoms with van der Waals surface area (Å²) in [4.78, 5) is 17.0. The van der Waals surface area contributed by atoms with Crippen LogP contribution in [0.25, 0.3) is 11.8 Å². The lowest BCUT2D eigenvalue weighted by atomic mass is 10.1. The fraction of sp³-hybridized carbons (Fsp3) is 0.360. The number of aryl methyl sites for hydroxylation is 2. The van der Waals surface area contributed by atoms with E-state index >= 15 is 0 Å². The van der Waals surface area contributed by atoms with Crippen molar-refractivity contribution >= 4 is 51.4 Å². The zero-order valence-corrected chi connectivity index (χ0v) is 21.0. The van der Waals surface area contributed by atoms with Crippen molar-refractivity contribution < 1.29 is 4.79 Å². The van der Waals surface area contributed by atoms with Crippen LogP contribution < -0.4 is 0 Å². The van der Waals surface area contributed by atoms with Crippen LogP contribution in [0.5, 0.6) is 0 Å². The fourth-order valence-electron chi connectivity index (χ4n) is 4.12. The van der Waals surface area contributed by atoms with E-state index in [2.05, 4.69) is 21.6 Å². The largest absolute Gasteiger partial charge is 0.318 e. The van der Waals surface area contributed by atoms with E-state index in [9.17, 15) is 4.79 Å². The van der Waals surface area contributed by atoms with Crippen LogP contribution in [-0.2, 0) is 4.79 Å². The molecule has 1 aromatic carbocycles. The molecule has 8 heteroatoms. The van der Waals surface area contributed by atoms with Crippen molar-refractivity contribution in [3.05, 3.63) is 57.4 Å². The van der Waals surface area contributed by atoms with E-state index in [4.69, 9.17) is 17.0 Å². The minimum absolute atomic E-state index is 0.0739. The third-order valence-corrected chi connectivity index (χ3v) is 7.13. The monoisotopic (exact) mass is 481 g/mol. The summed E-state index contributed by atoms with van der Waals surface area (Å²) in [5, 5.41) is 16.8. The lowest BCUT2D eigenvalue weighted by Crippen LogP contribution is -2.35. The van der Waals surface area contributed by atoms with Gasteiger partial charge in [-0.2, -0.15) is 15.1 Å². The highest BCUT2D eigenvalue weighted by Gasteiger charge is 2.35. The number of hydrogen-bond donors (Lipinski definition) is 1. The highest BCUT2D eigenvalue weighted by atomic mass is 35.5. The van der Waals surface area contributed by atoms with Crippen LogP contribution >= 0.6 is 23.4 Å². The number of hydrazone groups is 1. The molecule has 1 N–H and O–H groups in total. The number of aromatic nitrogens is 1. The maximum absolute atomic E-state index is 12.8. The second kappa shape index (κ2) is 9.69. The van der Waals surface area contributed by atoms with Gasteiger partial charge in [-0.1, -0.05) is 43.9 Å². The van der Waals surface area contributed by atoms with Crippen molar-refractivity contribution in [3.8, 4) is 5.69 Å². The number of amidine groups is 2. The van der Waals surface area contributed by atoms with Crippen LogP contribution in [0, 0.1) is 26.2 Å². The van der Waals surface area contributed by atoms with E-state index < -0.39 is 5.91 Å². The molecular formula is C25H28ClN5OS. The molecule has 0 atom stereocenters. The zero-order chi connectivity index (χ0) is 23.7. The molecule has 0 saturated carbocycles. The second-order valence-corrected chi connectivity index (χ2v) is 9.89. The summed E-state index contributed by atoms with van der Waals surface area (Å²) in [5.74, 6) is -0.324. The van der Waals surface area contributed by atoms with E-state index in [0.717, 1.165) is 52.5 Å². The van der Waals surface area contributed by atoms with Gasteiger partial charge in [-0.3, -0.25) is 10.2 Å². The average Bonchev–Trinajstić information content (AvgIpc) is 3.30. The molecule has 0 saturated heterocycles. The summed E-state index contributed by atoms with van der Waals surface area (Å²) < 4.78 is 2.12. The number of benzene rings is 1. The minimum atomic E-state index is -0.398. The lowest BCUT2D eigenvalue weighted by molar-refractivity contribution is -0.114. The smallest absolute Gasteiger partial charge is 0.283 e. The summed E-state index contributed by atoms with van der Waals surface area (Å²) >= 11 is 7.65. The molecule has 172 valence electrons. The number of aliphatic imine (C=N–C) groups is 1. The van der Waals surface area contributed by atoms with Crippen molar-refractivity contribution in [3.63, 3.8) is 0 Å². The first kappa shape index (κ1) is 23.5. The predicted octanol–water partition coefficient (Wildman–Crippen LogP) is 6.65. The van der Waals surface area contributed by atoms with Gasteiger partial charge >= 0.3 is 0 Å². The quantitative estimate of drug-likeness (QED) is 0.355. The fourth-order valence-corrected chi connectivity index (χ4v) is 5.21.